The van der Waals surface area contributed by atoms with Gasteiger partial charge in [0.05, 0.1) is 12.6 Å². The average Bonchev–Trinajstić information content (AvgIpc) is 2.22. The van der Waals surface area contributed by atoms with Gasteiger partial charge >= 0.3 is 6.09 Å². The first-order valence-corrected chi connectivity index (χ1v) is 4.62. The third-order valence-corrected chi connectivity index (χ3v) is 2.33. The number of benzene rings is 1. The second-order valence-corrected chi connectivity index (χ2v) is 3.37. The van der Waals surface area contributed by atoms with Crippen LogP contribution in [0.5, 0.6) is 11.5 Å². The summed E-state index contributed by atoms with van der Waals surface area (Å²) in [7, 11) is 0. The summed E-state index contributed by atoms with van der Waals surface area (Å²) in [5.74, 6) is -0.356. The van der Waals surface area contributed by atoms with E-state index in [1.54, 1.807) is 6.07 Å². The van der Waals surface area contributed by atoms with Gasteiger partial charge in [-0.25, -0.2) is 4.79 Å². The summed E-state index contributed by atoms with van der Waals surface area (Å²) in [6.45, 7) is 0.359. The number of carbonyl (C=O) groups excluding carboxylic acids is 1. The number of amides is 1. The molecule has 88 valence electrons. The first kappa shape index (κ1) is 12.4. The number of hydrogen-bond acceptors (Lipinski definition) is 4. The molecule has 1 aliphatic rings. The minimum Gasteiger partial charge on any atom is -0.504 e. The predicted molar refractivity (Wildman–Crippen MR) is 58.9 cm³/mol. The van der Waals surface area contributed by atoms with Crippen molar-refractivity contribution in [1.29, 1.82) is 0 Å². The van der Waals surface area contributed by atoms with Crippen LogP contribution in [0, 0.1) is 0 Å². The second-order valence-electron chi connectivity index (χ2n) is 3.37. The molecule has 16 heavy (non-hydrogen) atoms. The largest absolute Gasteiger partial charge is 0.504 e. The molecule has 0 aliphatic carbocycles. The van der Waals surface area contributed by atoms with Gasteiger partial charge in [-0.3, -0.25) is 0 Å². The molecule has 1 fully saturated rings. The van der Waals surface area contributed by atoms with Crippen LogP contribution in [-0.2, 0) is 4.74 Å². The van der Waals surface area contributed by atoms with Gasteiger partial charge in [0.15, 0.2) is 11.5 Å². The molecule has 0 bridgehead atoms. The van der Waals surface area contributed by atoms with Crippen LogP contribution in [-0.4, -0.2) is 22.9 Å². The summed E-state index contributed by atoms with van der Waals surface area (Å²) >= 11 is 0. The van der Waals surface area contributed by atoms with Crippen LogP contribution in [0.3, 0.4) is 0 Å². The van der Waals surface area contributed by atoms with Crippen molar-refractivity contribution >= 4 is 18.5 Å². The van der Waals surface area contributed by atoms with E-state index < -0.39 is 6.09 Å². The molecule has 1 atom stereocenters. The lowest BCUT2D eigenvalue weighted by molar-refractivity contribution is 0.115. The van der Waals surface area contributed by atoms with Crippen LogP contribution in [0.2, 0.25) is 0 Å². The first-order valence-electron chi connectivity index (χ1n) is 4.62. The lowest BCUT2D eigenvalue weighted by Crippen LogP contribution is -2.35. The van der Waals surface area contributed by atoms with E-state index in [9.17, 15) is 9.90 Å². The number of ether oxygens (including phenoxy) is 1. The monoisotopic (exact) mass is 245 g/mol. The first-order chi connectivity index (χ1) is 7.16. The fraction of sp³-hybridized carbons (Fsp3) is 0.300. The van der Waals surface area contributed by atoms with Crippen LogP contribution in [0.15, 0.2) is 18.2 Å². The number of rotatable bonds is 1. The highest BCUT2D eigenvalue weighted by Gasteiger charge is 2.21. The van der Waals surface area contributed by atoms with Gasteiger partial charge < -0.3 is 20.3 Å². The van der Waals surface area contributed by atoms with E-state index in [1.165, 1.54) is 12.1 Å². The maximum atomic E-state index is 11.0. The zero-order valence-electron chi connectivity index (χ0n) is 8.34. The maximum absolute atomic E-state index is 11.0. The molecule has 1 heterocycles. The topological polar surface area (TPSA) is 78.8 Å². The van der Waals surface area contributed by atoms with E-state index in [0.29, 0.717) is 13.0 Å². The minimum absolute atomic E-state index is 0. The normalized spacial score (nSPS) is 19.2. The van der Waals surface area contributed by atoms with Gasteiger partial charge in [0.1, 0.15) is 0 Å². The summed E-state index contributed by atoms with van der Waals surface area (Å²) in [6.07, 6.45) is 0.189. The molecule has 5 nitrogen and oxygen atoms in total. The highest BCUT2D eigenvalue weighted by atomic mass is 35.5. The Bertz CT molecular complexity index is 396. The Morgan fingerprint density at radius 1 is 1.31 bits per heavy atom. The van der Waals surface area contributed by atoms with Crippen molar-refractivity contribution in [3.8, 4) is 11.5 Å². The van der Waals surface area contributed by atoms with Gasteiger partial charge in [-0.2, -0.15) is 0 Å². The Morgan fingerprint density at radius 3 is 2.69 bits per heavy atom. The fourth-order valence-corrected chi connectivity index (χ4v) is 1.53. The molecule has 1 aromatic rings. The Kier molecular flexibility index (Phi) is 3.84. The van der Waals surface area contributed by atoms with E-state index in [2.05, 4.69) is 5.32 Å². The Balaban J connectivity index is 0.00000128. The number of halogens is 1. The molecule has 0 radical (unpaired) electrons. The van der Waals surface area contributed by atoms with Crippen molar-refractivity contribution in [2.24, 2.45) is 0 Å². The molecule has 1 aromatic carbocycles. The SMILES string of the molecule is Cl.O=C1N[C@@H](c2ccc(O)c(O)c2)CCO1. The zero-order chi connectivity index (χ0) is 10.8. The Morgan fingerprint density at radius 2 is 2.06 bits per heavy atom. The maximum Gasteiger partial charge on any atom is 0.407 e. The third kappa shape index (κ3) is 2.49. The summed E-state index contributed by atoms with van der Waals surface area (Å²) in [6, 6.07) is 4.32. The van der Waals surface area contributed by atoms with Crippen LogP contribution >= 0.6 is 12.4 Å². The highest BCUT2D eigenvalue weighted by molar-refractivity contribution is 5.85. The molecule has 1 saturated heterocycles. The van der Waals surface area contributed by atoms with Gasteiger partial charge in [-0.15, -0.1) is 12.4 Å². The van der Waals surface area contributed by atoms with Crippen LogP contribution < -0.4 is 5.32 Å². The van der Waals surface area contributed by atoms with E-state index in [-0.39, 0.29) is 29.9 Å². The molecule has 2 rings (SSSR count). The summed E-state index contributed by atoms with van der Waals surface area (Å²) in [5, 5.41) is 21.1. The van der Waals surface area contributed by atoms with Gasteiger partial charge in [0.25, 0.3) is 0 Å². The summed E-state index contributed by atoms with van der Waals surface area (Å²) < 4.78 is 4.72. The Hall–Kier alpha value is -1.62. The second kappa shape index (κ2) is 4.94. The van der Waals surface area contributed by atoms with Gasteiger partial charge in [0, 0.05) is 6.42 Å². The number of aromatic hydroxyl groups is 2. The fourth-order valence-electron chi connectivity index (χ4n) is 1.53. The summed E-state index contributed by atoms with van der Waals surface area (Å²) in [5.41, 5.74) is 0.752. The lowest BCUT2D eigenvalue weighted by Gasteiger charge is -2.23. The molecule has 0 aromatic heterocycles. The number of carbonyl (C=O) groups is 1. The van der Waals surface area contributed by atoms with Crippen LogP contribution in [0.25, 0.3) is 0 Å². The number of alkyl carbamates (subject to hydrolysis) is 1. The predicted octanol–water partition coefficient (Wildman–Crippen LogP) is 1.69. The van der Waals surface area contributed by atoms with Crippen molar-refractivity contribution in [1.82, 2.24) is 5.32 Å². The molecule has 6 heteroatoms. The molecule has 3 N–H and O–H groups in total. The number of nitrogens with one attached hydrogen (secondary N) is 1. The molecular weight excluding hydrogens is 234 g/mol. The minimum atomic E-state index is -0.459. The van der Waals surface area contributed by atoms with Crippen LogP contribution in [0.4, 0.5) is 4.79 Å². The summed E-state index contributed by atoms with van der Waals surface area (Å²) in [4.78, 5) is 11.0. The quantitative estimate of drug-likeness (QED) is 0.658. The van der Waals surface area contributed by atoms with E-state index >= 15 is 0 Å². The molecule has 0 saturated carbocycles. The molecule has 1 aliphatic heterocycles. The van der Waals surface area contributed by atoms with E-state index in [0.717, 1.165) is 5.56 Å². The van der Waals surface area contributed by atoms with E-state index in [1.807, 2.05) is 0 Å². The smallest absolute Gasteiger partial charge is 0.407 e. The van der Waals surface area contributed by atoms with Crippen molar-refractivity contribution in [3.63, 3.8) is 0 Å². The van der Waals surface area contributed by atoms with Crippen LogP contribution in [0.1, 0.15) is 18.0 Å². The zero-order valence-corrected chi connectivity index (χ0v) is 9.16. The average molecular weight is 246 g/mol. The lowest BCUT2D eigenvalue weighted by atomic mass is 10.0. The number of phenols is 2. The number of cyclic esters (lactones) is 1. The third-order valence-electron chi connectivity index (χ3n) is 2.33. The standard InChI is InChI=1S/C10H11NO4.ClH/c12-8-2-1-6(5-9(8)13)7-3-4-15-10(14)11-7;/h1-2,5,7,12-13H,3-4H2,(H,11,14);1H/t7-;/m1./s1. The van der Waals surface area contributed by atoms with E-state index in [4.69, 9.17) is 9.84 Å². The van der Waals surface area contributed by atoms with Crippen molar-refractivity contribution < 1.29 is 19.7 Å². The molecular formula is C10H12ClNO4. The van der Waals surface area contributed by atoms with Gasteiger partial charge in [-0.05, 0) is 17.7 Å². The van der Waals surface area contributed by atoms with Crippen molar-refractivity contribution in [3.05, 3.63) is 23.8 Å². The highest BCUT2D eigenvalue weighted by Crippen LogP contribution is 2.29. The number of hydrogen-bond donors (Lipinski definition) is 3. The van der Waals surface area contributed by atoms with Gasteiger partial charge in [0.2, 0.25) is 0 Å². The van der Waals surface area contributed by atoms with Gasteiger partial charge in [-0.1, -0.05) is 6.07 Å². The Labute approximate surface area is 98.5 Å². The molecule has 1 amide bonds. The number of phenolic OH excluding ortho intramolecular Hbond substituents is 2. The molecule has 0 spiro atoms. The molecule has 0 unspecified atom stereocenters. The van der Waals surface area contributed by atoms with Crippen molar-refractivity contribution in [2.45, 2.75) is 12.5 Å². The van der Waals surface area contributed by atoms with Crippen molar-refractivity contribution in [2.75, 3.05) is 6.61 Å².